The van der Waals surface area contributed by atoms with Gasteiger partial charge in [0.25, 0.3) is 0 Å². The average molecular weight is 231 g/mol. The maximum Gasteiger partial charge on any atom is 0.248 e. The van der Waals surface area contributed by atoms with E-state index in [-0.39, 0.29) is 25.2 Å². The first-order chi connectivity index (χ1) is 7.29. The summed E-state index contributed by atoms with van der Waals surface area (Å²) < 4.78 is 5.19. The predicted molar refractivity (Wildman–Crippen MR) is 58.9 cm³/mol. The molecular formula is C10H17NO3S. The van der Waals surface area contributed by atoms with Gasteiger partial charge in [-0.25, -0.2) is 0 Å². The topological polar surface area (TPSA) is 49.8 Å². The first-order valence-corrected chi connectivity index (χ1v) is 6.46. The monoisotopic (exact) mass is 231 g/mol. The lowest BCUT2D eigenvalue weighted by atomic mass is 10.2. The molecule has 2 unspecified atom stereocenters. The van der Waals surface area contributed by atoms with Crippen molar-refractivity contribution in [2.75, 3.05) is 32.1 Å². The van der Waals surface area contributed by atoms with Gasteiger partial charge in [0.05, 0.1) is 12.7 Å². The van der Waals surface area contributed by atoms with Crippen molar-refractivity contribution >= 4 is 17.7 Å². The van der Waals surface area contributed by atoms with Gasteiger partial charge >= 0.3 is 0 Å². The summed E-state index contributed by atoms with van der Waals surface area (Å²) in [5, 5.41) is 9.58. The third-order valence-corrected chi connectivity index (χ3v) is 4.25. The molecule has 2 aliphatic heterocycles. The van der Waals surface area contributed by atoms with Crippen molar-refractivity contribution in [3.63, 3.8) is 0 Å². The molecule has 0 aromatic heterocycles. The number of ether oxygens (including phenoxy) is 1. The van der Waals surface area contributed by atoms with Gasteiger partial charge in [0, 0.05) is 18.3 Å². The van der Waals surface area contributed by atoms with Crippen molar-refractivity contribution in [1.29, 1.82) is 0 Å². The maximum absolute atomic E-state index is 11.6. The van der Waals surface area contributed by atoms with Crippen LogP contribution >= 0.6 is 11.8 Å². The largest absolute Gasteiger partial charge is 0.394 e. The Balaban J connectivity index is 1.85. The van der Waals surface area contributed by atoms with E-state index in [4.69, 9.17) is 9.84 Å². The number of thioether (sulfide) groups is 1. The Labute approximate surface area is 94.0 Å². The number of carbonyl (C=O) groups excluding carboxylic acids is 1. The highest BCUT2D eigenvalue weighted by atomic mass is 32.2. The fraction of sp³-hybridized carbons (Fsp3) is 0.900. The summed E-state index contributed by atoms with van der Waals surface area (Å²) in [6.45, 7) is 1.50. The summed E-state index contributed by atoms with van der Waals surface area (Å²) in [6.07, 6.45) is 2.28. The van der Waals surface area contributed by atoms with Gasteiger partial charge in [-0.1, -0.05) is 0 Å². The number of hydrogen-bond acceptors (Lipinski definition) is 4. The molecule has 86 valence electrons. The van der Waals surface area contributed by atoms with Crippen molar-refractivity contribution in [2.45, 2.75) is 24.2 Å². The van der Waals surface area contributed by atoms with Gasteiger partial charge in [-0.05, 0) is 18.6 Å². The Morgan fingerprint density at radius 3 is 3.13 bits per heavy atom. The van der Waals surface area contributed by atoms with Crippen LogP contribution in [0.25, 0.3) is 0 Å². The Morgan fingerprint density at radius 2 is 2.47 bits per heavy atom. The highest BCUT2D eigenvalue weighted by molar-refractivity contribution is 8.00. The molecule has 0 aromatic carbocycles. The molecular weight excluding hydrogens is 214 g/mol. The number of hydrogen-bond donors (Lipinski definition) is 1. The van der Waals surface area contributed by atoms with Gasteiger partial charge < -0.3 is 14.7 Å². The fourth-order valence-electron chi connectivity index (χ4n) is 2.00. The van der Waals surface area contributed by atoms with E-state index in [1.54, 1.807) is 0 Å². The summed E-state index contributed by atoms with van der Waals surface area (Å²) in [5.74, 6) is 1.28. The van der Waals surface area contributed by atoms with Crippen molar-refractivity contribution in [2.24, 2.45) is 0 Å². The van der Waals surface area contributed by atoms with E-state index in [2.05, 4.69) is 0 Å². The number of nitrogens with zero attached hydrogens (tertiary/aromatic N) is 1. The summed E-state index contributed by atoms with van der Waals surface area (Å²) in [4.78, 5) is 13.4. The van der Waals surface area contributed by atoms with E-state index in [0.717, 1.165) is 6.54 Å². The summed E-state index contributed by atoms with van der Waals surface area (Å²) in [6, 6.07) is 0. The highest BCUT2D eigenvalue weighted by Gasteiger charge is 2.28. The number of rotatable bonds is 3. The minimum atomic E-state index is -0.186. The number of morpholine rings is 1. The highest BCUT2D eigenvalue weighted by Crippen LogP contribution is 2.27. The van der Waals surface area contributed by atoms with E-state index in [1.807, 2.05) is 16.7 Å². The van der Waals surface area contributed by atoms with Gasteiger partial charge in [0.15, 0.2) is 0 Å². The second-order valence-electron chi connectivity index (χ2n) is 4.05. The minimum Gasteiger partial charge on any atom is -0.394 e. The second kappa shape index (κ2) is 5.18. The van der Waals surface area contributed by atoms with Crippen LogP contribution in [0, 0.1) is 0 Å². The zero-order chi connectivity index (χ0) is 10.7. The van der Waals surface area contributed by atoms with Crippen LogP contribution in [0.3, 0.4) is 0 Å². The smallest absolute Gasteiger partial charge is 0.248 e. The van der Waals surface area contributed by atoms with Crippen LogP contribution in [0.2, 0.25) is 0 Å². The molecule has 1 amide bonds. The summed E-state index contributed by atoms with van der Waals surface area (Å²) in [7, 11) is 0. The lowest BCUT2D eigenvalue weighted by Gasteiger charge is -2.33. The Bertz CT molecular complexity index is 231. The van der Waals surface area contributed by atoms with Crippen molar-refractivity contribution < 1.29 is 14.6 Å². The van der Waals surface area contributed by atoms with Gasteiger partial charge in [-0.15, -0.1) is 0 Å². The number of carbonyl (C=O) groups is 1. The van der Waals surface area contributed by atoms with E-state index >= 15 is 0 Å². The van der Waals surface area contributed by atoms with E-state index < -0.39 is 0 Å². The van der Waals surface area contributed by atoms with Gasteiger partial charge in [-0.2, -0.15) is 11.8 Å². The Kier molecular flexibility index (Phi) is 3.88. The molecule has 1 N–H and O–H groups in total. The molecule has 2 rings (SSSR count). The van der Waals surface area contributed by atoms with Crippen LogP contribution in [0.1, 0.15) is 12.8 Å². The van der Waals surface area contributed by atoms with Gasteiger partial charge in [0.2, 0.25) is 5.91 Å². The van der Waals surface area contributed by atoms with Crippen LogP contribution in [0.4, 0.5) is 0 Å². The van der Waals surface area contributed by atoms with Crippen molar-refractivity contribution in [1.82, 2.24) is 4.90 Å². The molecule has 2 fully saturated rings. The van der Waals surface area contributed by atoms with Crippen molar-refractivity contribution in [3.05, 3.63) is 0 Å². The fourth-order valence-corrected chi connectivity index (χ4v) is 3.29. The molecule has 0 bridgehead atoms. The summed E-state index contributed by atoms with van der Waals surface area (Å²) in [5.41, 5.74) is 0. The van der Waals surface area contributed by atoms with Gasteiger partial charge in [0.1, 0.15) is 6.61 Å². The standard InChI is InChI=1S/C10H17NO3S/c12-6-8-4-11(10(13)7-14-8)5-9-2-1-3-15-9/h8-9,12H,1-7H2. The molecule has 2 atom stereocenters. The molecule has 15 heavy (non-hydrogen) atoms. The molecule has 5 heteroatoms. The van der Waals surface area contributed by atoms with Crippen LogP contribution in [-0.4, -0.2) is 59.3 Å². The first-order valence-electron chi connectivity index (χ1n) is 5.41. The normalized spacial score (nSPS) is 32.3. The van der Waals surface area contributed by atoms with Crippen LogP contribution in [-0.2, 0) is 9.53 Å². The Hall–Kier alpha value is -0.260. The predicted octanol–water partition coefficient (Wildman–Crippen LogP) is 0.102. The molecule has 2 aliphatic rings. The van der Waals surface area contributed by atoms with E-state index in [9.17, 15) is 4.79 Å². The first kappa shape index (κ1) is 11.2. The number of amides is 1. The average Bonchev–Trinajstić information content (AvgIpc) is 2.74. The summed E-state index contributed by atoms with van der Waals surface area (Å²) >= 11 is 1.95. The third-order valence-electron chi connectivity index (χ3n) is 2.87. The zero-order valence-electron chi connectivity index (χ0n) is 8.72. The third kappa shape index (κ3) is 2.86. The van der Waals surface area contributed by atoms with Crippen molar-refractivity contribution in [3.8, 4) is 0 Å². The van der Waals surface area contributed by atoms with Crippen LogP contribution < -0.4 is 0 Å². The molecule has 4 nitrogen and oxygen atoms in total. The molecule has 0 saturated carbocycles. The number of aliphatic hydroxyl groups is 1. The molecule has 2 heterocycles. The Morgan fingerprint density at radius 1 is 1.60 bits per heavy atom. The molecule has 0 aromatic rings. The van der Waals surface area contributed by atoms with E-state index in [0.29, 0.717) is 11.8 Å². The minimum absolute atomic E-state index is 0.00158. The van der Waals surface area contributed by atoms with Crippen LogP contribution in [0.5, 0.6) is 0 Å². The van der Waals surface area contributed by atoms with Gasteiger partial charge in [-0.3, -0.25) is 4.79 Å². The maximum atomic E-state index is 11.6. The number of aliphatic hydroxyl groups excluding tert-OH is 1. The van der Waals surface area contributed by atoms with Crippen LogP contribution in [0.15, 0.2) is 0 Å². The molecule has 0 radical (unpaired) electrons. The zero-order valence-corrected chi connectivity index (χ0v) is 9.54. The molecule has 0 spiro atoms. The molecule has 0 aliphatic carbocycles. The second-order valence-corrected chi connectivity index (χ2v) is 5.46. The molecule has 2 saturated heterocycles. The quantitative estimate of drug-likeness (QED) is 0.748. The van der Waals surface area contributed by atoms with E-state index in [1.165, 1.54) is 18.6 Å². The lowest BCUT2D eigenvalue weighted by molar-refractivity contribution is -0.150. The lowest BCUT2D eigenvalue weighted by Crippen LogP contribution is -2.49. The SMILES string of the molecule is O=C1COC(CO)CN1CC1CCCS1.